The van der Waals surface area contributed by atoms with Crippen LogP contribution in [-0.4, -0.2) is 63.0 Å². The van der Waals surface area contributed by atoms with Gasteiger partial charge in [0.2, 0.25) is 0 Å². The number of rotatable bonds is 5. The molecule has 2 saturated heterocycles. The lowest BCUT2D eigenvalue weighted by atomic mass is 10.0. The SMILES string of the molecule is COC1CCN(CCOC2(C)CNC2)CC1. The summed E-state index contributed by atoms with van der Waals surface area (Å²) in [6.45, 7) is 8.40. The van der Waals surface area contributed by atoms with Crippen LogP contribution in [0.4, 0.5) is 0 Å². The third kappa shape index (κ3) is 3.17. The van der Waals surface area contributed by atoms with Gasteiger partial charge in [0, 0.05) is 39.8 Å². The minimum absolute atomic E-state index is 0.102. The lowest BCUT2D eigenvalue weighted by Gasteiger charge is -2.40. The van der Waals surface area contributed by atoms with Crippen molar-refractivity contribution in [3.8, 4) is 0 Å². The summed E-state index contributed by atoms with van der Waals surface area (Å²) in [5.41, 5.74) is 0.102. The fraction of sp³-hybridized carbons (Fsp3) is 1.00. The average molecular weight is 228 g/mol. The van der Waals surface area contributed by atoms with Crippen LogP contribution in [0.1, 0.15) is 19.8 Å². The van der Waals surface area contributed by atoms with E-state index in [1.165, 1.54) is 0 Å². The molecule has 0 aromatic rings. The van der Waals surface area contributed by atoms with Crippen molar-refractivity contribution in [2.24, 2.45) is 0 Å². The van der Waals surface area contributed by atoms with Crippen molar-refractivity contribution in [2.45, 2.75) is 31.5 Å². The molecule has 16 heavy (non-hydrogen) atoms. The van der Waals surface area contributed by atoms with Crippen molar-refractivity contribution < 1.29 is 9.47 Å². The van der Waals surface area contributed by atoms with Crippen molar-refractivity contribution in [1.29, 1.82) is 0 Å². The first-order valence-corrected chi connectivity index (χ1v) is 6.32. The van der Waals surface area contributed by atoms with E-state index in [2.05, 4.69) is 17.1 Å². The Morgan fingerprint density at radius 3 is 2.50 bits per heavy atom. The topological polar surface area (TPSA) is 33.7 Å². The quantitative estimate of drug-likeness (QED) is 0.742. The Hall–Kier alpha value is -0.160. The van der Waals surface area contributed by atoms with Crippen molar-refractivity contribution in [3.05, 3.63) is 0 Å². The zero-order chi connectivity index (χ0) is 11.4. The molecule has 0 aliphatic carbocycles. The Morgan fingerprint density at radius 2 is 2.00 bits per heavy atom. The molecule has 2 fully saturated rings. The monoisotopic (exact) mass is 228 g/mol. The number of nitrogens with zero attached hydrogens (tertiary/aromatic N) is 1. The molecule has 0 radical (unpaired) electrons. The molecule has 0 atom stereocenters. The Morgan fingerprint density at radius 1 is 1.31 bits per heavy atom. The summed E-state index contributed by atoms with van der Waals surface area (Å²) in [6, 6.07) is 0. The summed E-state index contributed by atoms with van der Waals surface area (Å²) in [5.74, 6) is 0. The minimum Gasteiger partial charge on any atom is -0.381 e. The molecule has 0 aromatic heterocycles. The number of methoxy groups -OCH3 is 1. The van der Waals surface area contributed by atoms with E-state index in [9.17, 15) is 0 Å². The smallest absolute Gasteiger partial charge is 0.0902 e. The summed E-state index contributed by atoms with van der Waals surface area (Å²) in [6.07, 6.45) is 2.80. The molecule has 94 valence electrons. The van der Waals surface area contributed by atoms with Gasteiger partial charge in [0.15, 0.2) is 0 Å². The number of hydrogen-bond donors (Lipinski definition) is 1. The van der Waals surface area contributed by atoms with Crippen molar-refractivity contribution >= 4 is 0 Å². The predicted octanol–water partition coefficient (Wildman–Crippen LogP) is 0.476. The van der Waals surface area contributed by atoms with Crippen LogP contribution < -0.4 is 5.32 Å². The van der Waals surface area contributed by atoms with Crippen LogP contribution >= 0.6 is 0 Å². The normalized spacial score (nSPS) is 26.6. The van der Waals surface area contributed by atoms with E-state index in [1.54, 1.807) is 0 Å². The van der Waals surface area contributed by atoms with E-state index in [0.29, 0.717) is 6.10 Å². The molecule has 0 bridgehead atoms. The first-order chi connectivity index (χ1) is 7.72. The van der Waals surface area contributed by atoms with Crippen LogP contribution in [0.15, 0.2) is 0 Å². The van der Waals surface area contributed by atoms with Gasteiger partial charge in [-0.25, -0.2) is 0 Å². The number of hydrogen-bond acceptors (Lipinski definition) is 4. The van der Waals surface area contributed by atoms with E-state index in [4.69, 9.17) is 9.47 Å². The molecule has 0 unspecified atom stereocenters. The average Bonchev–Trinajstić information content (AvgIpc) is 2.28. The van der Waals surface area contributed by atoms with Gasteiger partial charge in [-0.1, -0.05) is 0 Å². The summed E-state index contributed by atoms with van der Waals surface area (Å²) in [5, 5.41) is 3.25. The lowest BCUT2D eigenvalue weighted by Crippen LogP contribution is -2.59. The number of nitrogens with one attached hydrogen (secondary N) is 1. The summed E-state index contributed by atoms with van der Waals surface area (Å²) in [4.78, 5) is 2.48. The standard InChI is InChI=1S/C12H24N2O2/c1-12(9-13-10-12)16-8-7-14-5-3-11(15-2)4-6-14/h11,13H,3-10H2,1-2H3. The van der Waals surface area contributed by atoms with Crippen molar-refractivity contribution in [2.75, 3.05) is 46.4 Å². The number of ether oxygens (including phenoxy) is 2. The molecule has 0 saturated carbocycles. The minimum atomic E-state index is 0.102. The molecule has 0 spiro atoms. The largest absolute Gasteiger partial charge is 0.381 e. The summed E-state index contributed by atoms with van der Waals surface area (Å²) >= 11 is 0. The van der Waals surface area contributed by atoms with Crippen LogP contribution in [-0.2, 0) is 9.47 Å². The van der Waals surface area contributed by atoms with Gasteiger partial charge in [0.05, 0.1) is 18.3 Å². The van der Waals surface area contributed by atoms with E-state index in [0.717, 1.165) is 52.2 Å². The summed E-state index contributed by atoms with van der Waals surface area (Å²) < 4.78 is 11.2. The first-order valence-electron chi connectivity index (χ1n) is 6.32. The molecule has 0 aromatic carbocycles. The van der Waals surface area contributed by atoms with Gasteiger partial charge in [-0.3, -0.25) is 0 Å². The highest BCUT2D eigenvalue weighted by Gasteiger charge is 2.32. The van der Waals surface area contributed by atoms with Gasteiger partial charge in [-0.15, -0.1) is 0 Å². The van der Waals surface area contributed by atoms with E-state index < -0.39 is 0 Å². The molecule has 2 heterocycles. The molecule has 1 N–H and O–H groups in total. The molecular formula is C12H24N2O2. The molecule has 2 aliphatic heterocycles. The second-order valence-corrected chi connectivity index (χ2v) is 5.18. The second-order valence-electron chi connectivity index (χ2n) is 5.18. The maximum absolute atomic E-state index is 5.89. The maximum Gasteiger partial charge on any atom is 0.0902 e. The molecule has 2 rings (SSSR count). The van der Waals surface area contributed by atoms with Crippen LogP contribution in [0.5, 0.6) is 0 Å². The van der Waals surface area contributed by atoms with Gasteiger partial charge < -0.3 is 19.7 Å². The van der Waals surface area contributed by atoms with Crippen LogP contribution in [0.3, 0.4) is 0 Å². The predicted molar refractivity (Wildman–Crippen MR) is 63.7 cm³/mol. The zero-order valence-electron chi connectivity index (χ0n) is 10.5. The third-order valence-corrected chi connectivity index (χ3v) is 3.72. The Kier molecular flexibility index (Phi) is 4.19. The Bertz CT molecular complexity index is 211. The van der Waals surface area contributed by atoms with Gasteiger partial charge >= 0.3 is 0 Å². The highest BCUT2D eigenvalue weighted by molar-refractivity contribution is 4.90. The second kappa shape index (κ2) is 5.45. The number of likely N-dealkylation sites (tertiary alicyclic amines) is 1. The maximum atomic E-state index is 5.89. The fourth-order valence-corrected chi connectivity index (χ4v) is 2.37. The van der Waals surface area contributed by atoms with E-state index in [1.807, 2.05) is 7.11 Å². The van der Waals surface area contributed by atoms with Crippen LogP contribution in [0, 0.1) is 0 Å². The molecule has 4 heteroatoms. The van der Waals surface area contributed by atoms with Crippen molar-refractivity contribution in [1.82, 2.24) is 10.2 Å². The van der Waals surface area contributed by atoms with E-state index >= 15 is 0 Å². The highest BCUT2D eigenvalue weighted by atomic mass is 16.5. The van der Waals surface area contributed by atoms with Gasteiger partial charge in [-0.05, 0) is 19.8 Å². The van der Waals surface area contributed by atoms with Gasteiger partial charge in [0.25, 0.3) is 0 Å². The first kappa shape index (κ1) is 12.3. The molecular weight excluding hydrogens is 204 g/mol. The van der Waals surface area contributed by atoms with Crippen LogP contribution in [0.2, 0.25) is 0 Å². The Balaban J connectivity index is 1.57. The highest BCUT2D eigenvalue weighted by Crippen LogP contribution is 2.16. The van der Waals surface area contributed by atoms with Crippen molar-refractivity contribution in [3.63, 3.8) is 0 Å². The molecule has 4 nitrogen and oxygen atoms in total. The molecule has 2 aliphatic rings. The fourth-order valence-electron chi connectivity index (χ4n) is 2.37. The Labute approximate surface area is 98.3 Å². The van der Waals surface area contributed by atoms with Gasteiger partial charge in [-0.2, -0.15) is 0 Å². The molecule has 0 amide bonds. The third-order valence-electron chi connectivity index (χ3n) is 3.72. The summed E-state index contributed by atoms with van der Waals surface area (Å²) in [7, 11) is 1.81. The van der Waals surface area contributed by atoms with Gasteiger partial charge in [0.1, 0.15) is 0 Å². The lowest BCUT2D eigenvalue weighted by molar-refractivity contribution is -0.0752. The number of piperidine rings is 1. The van der Waals surface area contributed by atoms with Crippen LogP contribution in [0.25, 0.3) is 0 Å². The zero-order valence-corrected chi connectivity index (χ0v) is 10.5. The van der Waals surface area contributed by atoms with E-state index in [-0.39, 0.29) is 5.60 Å².